The molecule has 0 atom stereocenters. The van der Waals surface area contributed by atoms with E-state index in [2.05, 4.69) is 31.4 Å². The highest BCUT2D eigenvalue weighted by Crippen LogP contribution is 2.29. The standard InChI is InChI=1S/C17H21F3N6O2/c1-21-12(9-26(4)8-7-25(2)3)14-13-11(5-6-22-14)15(27)24-16(23-13)28-10-17(18,19)20/h5-6,9H,1,7-8,10H2,2-4H3,(H,23,24,27)/b12-9-. The number of alkyl halides is 3. The minimum atomic E-state index is -4.56. The van der Waals surface area contributed by atoms with Gasteiger partial charge in [0.2, 0.25) is 5.88 Å². The lowest BCUT2D eigenvalue weighted by molar-refractivity contribution is -0.154. The molecule has 2 aromatic heterocycles. The van der Waals surface area contributed by atoms with Gasteiger partial charge < -0.3 is 19.6 Å². The Kier molecular flexibility index (Phi) is 6.73. The van der Waals surface area contributed by atoms with Gasteiger partial charge in [-0.25, -0.2) is 0 Å². The number of hydrogen-bond donors (Lipinski definition) is 1. The Morgan fingerprint density at radius 3 is 2.61 bits per heavy atom. The molecule has 0 aromatic carbocycles. The largest absolute Gasteiger partial charge is 0.493 e. The van der Waals surface area contributed by atoms with Gasteiger partial charge >= 0.3 is 12.2 Å². The number of likely N-dealkylation sites (N-methyl/N-ethyl adjacent to an activating group) is 2. The minimum absolute atomic E-state index is 0.104. The van der Waals surface area contributed by atoms with Crippen LogP contribution in [0, 0.1) is 0 Å². The normalized spacial score (nSPS) is 12.5. The zero-order chi connectivity index (χ0) is 20.9. The molecule has 0 aliphatic rings. The molecule has 28 heavy (non-hydrogen) atoms. The molecular formula is C17H21F3N6O2. The topological polar surface area (TPSA) is 87.0 Å². The number of aromatic hydroxyl groups is 1. The number of pyridine rings is 1. The molecule has 0 radical (unpaired) electrons. The van der Waals surface area contributed by atoms with Gasteiger partial charge in [-0.3, -0.25) is 9.98 Å². The van der Waals surface area contributed by atoms with Gasteiger partial charge in [-0.2, -0.15) is 23.1 Å². The Morgan fingerprint density at radius 2 is 2.00 bits per heavy atom. The second-order valence-electron chi connectivity index (χ2n) is 6.25. The van der Waals surface area contributed by atoms with E-state index in [9.17, 15) is 18.3 Å². The van der Waals surface area contributed by atoms with Crippen molar-refractivity contribution in [3.63, 3.8) is 0 Å². The maximum absolute atomic E-state index is 12.4. The number of nitrogens with zero attached hydrogens (tertiary/aromatic N) is 6. The van der Waals surface area contributed by atoms with Gasteiger partial charge in [0.15, 0.2) is 6.61 Å². The summed E-state index contributed by atoms with van der Waals surface area (Å²) in [6.45, 7) is 3.43. The van der Waals surface area contributed by atoms with Gasteiger partial charge in [-0.05, 0) is 26.9 Å². The third-order valence-corrected chi connectivity index (χ3v) is 3.59. The highest BCUT2D eigenvalue weighted by atomic mass is 19.4. The smallest absolute Gasteiger partial charge is 0.422 e. The van der Waals surface area contributed by atoms with E-state index in [4.69, 9.17) is 0 Å². The number of rotatable bonds is 8. The summed E-state index contributed by atoms with van der Waals surface area (Å²) in [6.07, 6.45) is -1.46. The zero-order valence-electron chi connectivity index (χ0n) is 15.7. The predicted molar refractivity (Wildman–Crippen MR) is 99.3 cm³/mol. The van der Waals surface area contributed by atoms with Crippen LogP contribution in [0.15, 0.2) is 23.5 Å². The first-order valence-electron chi connectivity index (χ1n) is 8.20. The molecule has 0 saturated carbocycles. The molecule has 0 amide bonds. The SMILES string of the molecule is C=N/C(=C\N(C)CCN(C)C)c1nccc2c(O)nc(OCC(F)(F)F)nc12. The van der Waals surface area contributed by atoms with Crippen molar-refractivity contribution in [3.8, 4) is 11.9 Å². The van der Waals surface area contributed by atoms with Crippen molar-refractivity contribution >= 4 is 23.3 Å². The average molecular weight is 398 g/mol. The van der Waals surface area contributed by atoms with Gasteiger partial charge in [0, 0.05) is 32.5 Å². The molecule has 2 rings (SSSR count). The molecule has 1 N–H and O–H groups in total. The van der Waals surface area contributed by atoms with Crippen molar-refractivity contribution in [2.75, 3.05) is 40.8 Å². The van der Waals surface area contributed by atoms with Crippen LogP contribution in [0.2, 0.25) is 0 Å². The number of fused-ring (bicyclic) bond motifs is 1. The molecule has 0 aliphatic carbocycles. The van der Waals surface area contributed by atoms with Crippen LogP contribution in [0.1, 0.15) is 5.69 Å². The molecular weight excluding hydrogens is 377 g/mol. The maximum atomic E-state index is 12.4. The van der Waals surface area contributed by atoms with Crippen LogP contribution in [0.5, 0.6) is 11.9 Å². The highest BCUT2D eigenvalue weighted by Gasteiger charge is 2.29. The van der Waals surface area contributed by atoms with Crippen molar-refractivity contribution in [2.24, 2.45) is 4.99 Å². The second-order valence-corrected chi connectivity index (χ2v) is 6.25. The molecule has 0 bridgehead atoms. The van der Waals surface area contributed by atoms with Crippen LogP contribution in [0.3, 0.4) is 0 Å². The Hall–Kier alpha value is -2.95. The molecule has 2 heterocycles. The number of halogens is 3. The highest BCUT2D eigenvalue weighted by molar-refractivity contribution is 5.92. The molecule has 0 saturated heterocycles. The summed E-state index contributed by atoms with van der Waals surface area (Å²) < 4.78 is 41.7. The predicted octanol–water partition coefficient (Wildman–Crippen LogP) is 2.16. The van der Waals surface area contributed by atoms with Crippen LogP contribution in [0.25, 0.3) is 16.6 Å². The first kappa shape index (κ1) is 21.4. The lowest BCUT2D eigenvalue weighted by atomic mass is 10.2. The quantitative estimate of drug-likeness (QED) is 0.682. The van der Waals surface area contributed by atoms with Crippen molar-refractivity contribution in [3.05, 3.63) is 24.2 Å². The number of aliphatic imine (C=N–C) groups is 1. The summed E-state index contributed by atoms with van der Waals surface area (Å²) in [6, 6.07) is 0.832. The molecule has 0 fully saturated rings. The third-order valence-electron chi connectivity index (χ3n) is 3.59. The van der Waals surface area contributed by atoms with E-state index in [1.54, 1.807) is 6.20 Å². The van der Waals surface area contributed by atoms with E-state index in [0.29, 0.717) is 12.2 Å². The molecule has 8 nitrogen and oxygen atoms in total. The van der Waals surface area contributed by atoms with E-state index in [1.807, 2.05) is 30.9 Å². The molecule has 0 unspecified atom stereocenters. The summed E-state index contributed by atoms with van der Waals surface area (Å²) in [5.41, 5.74) is 0.678. The third kappa shape index (κ3) is 5.78. The number of ether oxygens (including phenoxy) is 1. The zero-order valence-corrected chi connectivity index (χ0v) is 15.7. The molecule has 152 valence electrons. The fourth-order valence-electron chi connectivity index (χ4n) is 2.23. The van der Waals surface area contributed by atoms with E-state index in [1.165, 1.54) is 12.3 Å². The van der Waals surface area contributed by atoms with Crippen LogP contribution in [-0.2, 0) is 0 Å². The molecule has 11 heteroatoms. The van der Waals surface area contributed by atoms with Crippen LogP contribution in [-0.4, -0.2) is 83.6 Å². The Balaban J connectivity index is 2.44. The summed E-state index contributed by atoms with van der Waals surface area (Å²) >= 11 is 0. The molecule has 0 aliphatic heterocycles. The summed E-state index contributed by atoms with van der Waals surface area (Å²) in [7, 11) is 5.72. The lowest BCUT2D eigenvalue weighted by Crippen LogP contribution is -2.25. The summed E-state index contributed by atoms with van der Waals surface area (Å²) in [5, 5.41) is 10.3. The van der Waals surface area contributed by atoms with Gasteiger partial charge in [-0.1, -0.05) is 0 Å². The lowest BCUT2D eigenvalue weighted by Gasteiger charge is -2.18. The van der Waals surface area contributed by atoms with E-state index < -0.39 is 24.7 Å². The summed E-state index contributed by atoms with van der Waals surface area (Å²) in [4.78, 5) is 19.6. The monoisotopic (exact) mass is 398 g/mol. The van der Waals surface area contributed by atoms with Crippen molar-refractivity contribution in [1.29, 1.82) is 0 Å². The van der Waals surface area contributed by atoms with Crippen LogP contribution >= 0.6 is 0 Å². The van der Waals surface area contributed by atoms with E-state index in [-0.39, 0.29) is 16.6 Å². The number of aromatic nitrogens is 3. The van der Waals surface area contributed by atoms with Gasteiger partial charge in [-0.15, -0.1) is 0 Å². The van der Waals surface area contributed by atoms with Crippen LogP contribution in [0.4, 0.5) is 13.2 Å². The number of hydrogen-bond acceptors (Lipinski definition) is 8. The van der Waals surface area contributed by atoms with Gasteiger partial charge in [0.25, 0.3) is 0 Å². The Labute approximate surface area is 160 Å². The molecule has 0 spiro atoms. The first-order valence-corrected chi connectivity index (χ1v) is 8.20. The Bertz CT molecular complexity index is 870. The van der Waals surface area contributed by atoms with E-state index in [0.717, 1.165) is 6.54 Å². The first-order chi connectivity index (χ1) is 13.1. The second kappa shape index (κ2) is 8.83. The fourth-order valence-corrected chi connectivity index (χ4v) is 2.23. The summed E-state index contributed by atoms with van der Waals surface area (Å²) in [5.74, 6) is -0.518. The maximum Gasteiger partial charge on any atom is 0.422 e. The minimum Gasteiger partial charge on any atom is -0.493 e. The van der Waals surface area contributed by atoms with Crippen molar-refractivity contribution in [2.45, 2.75) is 6.18 Å². The van der Waals surface area contributed by atoms with Gasteiger partial charge in [0.05, 0.1) is 5.39 Å². The molecule has 2 aromatic rings. The van der Waals surface area contributed by atoms with Gasteiger partial charge in [0.1, 0.15) is 16.9 Å². The van der Waals surface area contributed by atoms with E-state index >= 15 is 0 Å². The Morgan fingerprint density at radius 1 is 1.29 bits per heavy atom. The van der Waals surface area contributed by atoms with Crippen molar-refractivity contribution in [1.82, 2.24) is 24.8 Å². The average Bonchev–Trinajstić information content (AvgIpc) is 2.62. The fraction of sp³-hybridized carbons (Fsp3) is 0.412. The van der Waals surface area contributed by atoms with Crippen LogP contribution < -0.4 is 4.74 Å². The van der Waals surface area contributed by atoms with Crippen molar-refractivity contribution < 1.29 is 23.0 Å².